The van der Waals surface area contributed by atoms with Crippen LogP contribution in [0, 0.1) is 5.92 Å². The molecule has 0 spiro atoms. The average Bonchev–Trinajstić information content (AvgIpc) is 2.94. The van der Waals surface area contributed by atoms with E-state index in [9.17, 15) is 9.59 Å². The van der Waals surface area contributed by atoms with Crippen molar-refractivity contribution in [1.29, 1.82) is 0 Å². The Bertz CT molecular complexity index is 1690. The zero-order valence-electron chi connectivity index (χ0n) is 20.0. The molecule has 0 N–H and O–H groups in total. The molecule has 3 heteroatoms. The van der Waals surface area contributed by atoms with Gasteiger partial charge in [0.25, 0.3) is 0 Å². The Hall–Kier alpha value is -4.11. The molecule has 0 bridgehead atoms. The highest BCUT2D eigenvalue weighted by atomic mass is 16.1. The van der Waals surface area contributed by atoms with Gasteiger partial charge < -0.3 is 0 Å². The molecule has 36 heavy (non-hydrogen) atoms. The van der Waals surface area contributed by atoms with E-state index < -0.39 is 11.5 Å². The highest BCUT2D eigenvalue weighted by Crippen LogP contribution is 2.44. The van der Waals surface area contributed by atoms with E-state index in [1.165, 1.54) is 0 Å². The van der Waals surface area contributed by atoms with E-state index in [0.717, 1.165) is 56.6 Å². The second kappa shape index (κ2) is 7.96. The third kappa shape index (κ3) is 2.89. The normalized spacial score (nSPS) is 21.4. The SMILES string of the molecule is O=C1c2ccc3ccccc3c2CC[C@@H]1[C@@]1([n+]2ccccc2)CCc2c(ccc3ccccc23)C1=O. The third-order valence-electron chi connectivity index (χ3n) is 8.49. The highest BCUT2D eigenvalue weighted by Gasteiger charge is 2.59. The number of aromatic nitrogens is 1. The standard InChI is InChI=1S/C33H26NO2/c35-31-28-14-12-22-8-2-4-10-24(22)26(28)16-17-30(31)33(34-20-6-1-7-21-34)19-18-27-25-11-5-3-9-23(25)13-15-29(27)32(33)36/h1-15,20-21,30H,16-19H2/q+1/t30-,33-/m0/s1. The van der Waals surface area contributed by atoms with Crippen LogP contribution in [0.25, 0.3) is 21.5 Å². The number of fused-ring (bicyclic) bond motifs is 6. The van der Waals surface area contributed by atoms with Crippen molar-refractivity contribution in [2.45, 2.75) is 31.2 Å². The number of hydrogen-bond donors (Lipinski definition) is 0. The van der Waals surface area contributed by atoms with Crippen molar-refractivity contribution in [3.63, 3.8) is 0 Å². The van der Waals surface area contributed by atoms with Gasteiger partial charge in [-0.25, -0.2) is 0 Å². The largest absolute Gasteiger partial charge is 0.294 e. The van der Waals surface area contributed by atoms with Crippen molar-refractivity contribution in [2.24, 2.45) is 5.92 Å². The monoisotopic (exact) mass is 468 g/mol. The van der Waals surface area contributed by atoms with Crippen LogP contribution < -0.4 is 4.57 Å². The maximum Gasteiger partial charge on any atom is 0.240 e. The van der Waals surface area contributed by atoms with Gasteiger partial charge in [0.05, 0.1) is 5.92 Å². The van der Waals surface area contributed by atoms with Crippen molar-refractivity contribution in [1.82, 2.24) is 0 Å². The molecule has 2 atom stereocenters. The van der Waals surface area contributed by atoms with E-state index in [0.29, 0.717) is 12.8 Å². The maximum atomic E-state index is 14.6. The van der Waals surface area contributed by atoms with E-state index >= 15 is 0 Å². The van der Waals surface area contributed by atoms with Crippen molar-refractivity contribution >= 4 is 33.1 Å². The molecule has 0 saturated carbocycles. The van der Waals surface area contributed by atoms with Gasteiger partial charge in [0.15, 0.2) is 18.2 Å². The van der Waals surface area contributed by atoms with Crippen LogP contribution >= 0.6 is 0 Å². The zero-order valence-corrected chi connectivity index (χ0v) is 20.0. The number of Topliss-reactive ketones (excluding diaryl/α,β-unsaturated/α-hetero) is 2. The number of nitrogens with zero attached hydrogens (tertiary/aromatic N) is 1. The van der Waals surface area contributed by atoms with Gasteiger partial charge in [-0.15, -0.1) is 0 Å². The molecule has 2 aliphatic carbocycles. The fourth-order valence-electron chi connectivity index (χ4n) is 6.80. The summed E-state index contributed by atoms with van der Waals surface area (Å²) in [5.74, 6) is -0.255. The quantitative estimate of drug-likeness (QED) is 0.287. The molecular weight excluding hydrogens is 442 g/mol. The summed E-state index contributed by atoms with van der Waals surface area (Å²) in [5.41, 5.74) is 2.83. The molecule has 3 nitrogen and oxygen atoms in total. The lowest BCUT2D eigenvalue weighted by atomic mass is 9.63. The lowest BCUT2D eigenvalue weighted by Gasteiger charge is -2.39. The molecule has 4 aromatic carbocycles. The summed E-state index contributed by atoms with van der Waals surface area (Å²) < 4.78 is 2.03. The minimum absolute atomic E-state index is 0.0632. The first-order valence-electron chi connectivity index (χ1n) is 12.8. The molecule has 5 aromatic rings. The topological polar surface area (TPSA) is 38.0 Å². The summed E-state index contributed by atoms with van der Waals surface area (Å²) in [7, 11) is 0. The van der Waals surface area contributed by atoms with E-state index in [4.69, 9.17) is 0 Å². The van der Waals surface area contributed by atoms with Crippen LogP contribution in [0.3, 0.4) is 0 Å². The summed E-state index contributed by atoms with van der Waals surface area (Å²) in [6.45, 7) is 0. The Balaban J connectivity index is 1.41. The average molecular weight is 469 g/mol. The summed E-state index contributed by atoms with van der Waals surface area (Å²) >= 11 is 0. The Morgan fingerprint density at radius 3 is 1.94 bits per heavy atom. The minimum Gasteiger partial charge on any atom is -0.294 e. The summed E-state index contributed by atoms with van der Waals surface area (Å²) in [4.78, 5) is 28.8. The lowest BCUT2D eigenvalue weighted by molar-refractivity contribution is -0.754. The number of aryl methyl sites for hydroxylation is 2. The van der Waals surface area contributed by atoms with Crippen LogP contribution in [-0.2, 0) is 18.4 Å². The Morgan fingerprint density at radius 2 is 1.25 bits per heavy atom. The number of carbonyl (C=O) groups excluding carboxylic acids is 2. The zero-order chi connectivity index (χ0) is 24.3. The predicted octanol–water partition coefficient (Wildman–Crippen LogP) is 6.25. The number of rotatable bonds is 2. The number of ketones is 2. The van der Waals surface area contributed by atoms with Gasteiger partial charge >= 0.3 is 0 Å². The molecule has 0 fully saturated rings. The van der Waals surface area contributed by atoms with Crippen molar-refractivity contribution in [2.75, 3.05) is 0 Å². The molecule has 0 saturated heterocycles. The van der Waals surface area contributed by atoms with Gasteiger partial charge in [0.1, 0.15) is 0 Å². The number of benzene rings is 4. The van der Waals surface area contributed by atoms with E-state index in [-0.39, 0.29) is 11.6 Å². The molecule has 0 amide bonds. The first kappa shape index (κ1) is 21.2. The maximum absolute atomic E-state index is 14.6. The molecule has 7 rings (SSSR count). The Kier molecular flexibility index (Phi) is 4.69. The van der Waals surface area contributed by atoms with Crippen LogP contribution in [0.2, 0.25) is 0 Å². The summed E-state index contributed by atoms with van der Waals surface area (Å²) in [6, 6.07) is 30.5. The van der Waals surface area contributed by atoms with E-state index in [1.807, 2.05) is 83.7 Å². The fourth-order valence-corrected chi connectivity index (χ4v) is 6.80. The number of pyridine rings is 1. The molecule has 0 unspecified atom stereocenters. The molecule has 2 aliphatic rings. The van der Waals surface area contributed by atoms with Gasteiger partial charge in [-0.3, -0.25) is 9.59 Å². The predicted molar refractivity (Wildman–Crippen MR) is 141 cm³/mol. The van der Waals surface area contributed by atoms with Crippen LogP contribution in [0.15, 0.2) is 103 Å². The van der Waals surface area contributed by atoms with Crippen LogP contribution in [0.1, 0.15) is 44.7 Å². The van der Waals surface area contributed by atoms with Gasteiger partial charge in [-0.1, -0.05) is 78.9 Å². The molecule has 0 aliphatic heterocycles. The number of carbonyl (C=O) groups is 2. The smallest absolute Gasteiger partial charge is 0.240 e. The second-order valence-corrected chi connectivity index (χ2v) is 10.1. The van der Waals surface area contributed by atoms with Crippen molar-refractivity contribution in [3.8, 4) is 0 Å². The lowest BCUT2D eigenvalue weighted by Crippen LogP contribution is -2.68. The Morgan fingerprint density at radius 1 is 0.639 bits per heavy atom. The van der Waals surface area contributed by atoms with E-state index in [1.54, 1.807) is 0 Å². The van der Waals surface area contributed by atoms with Crippen LogP contribution in [0.4, 0.5) is 0 Å². The summed E-state index contributed by atoms with van der Waals surface area (Å²) in [5, 5.41) is 4.60. The molecule has 0 radical (unpaired) electrons. The van der Waals surface area contributed by atoms with E-state index in [2.05, 4.69) is 24.3 Å². The second-order valence-electron chi connectivity index (χ2n) is 10.1. The van der Waals surface area contributed by atoms with Crippen LogP contribution in [0.5, 0.6) is 0 Å². The van der Waals surface area contributed by atoms with Gasteiger partial charge in [-0.2, -0.15) is 4.57 Å². The fraction of sp³-hybridized carbons (Fsp3) is 0.182. The Labute approximate surface area is 210 Å². The van der Waals surface area contributed by atoms with Gasteiger partial charge in [0, 0.05) is 29.7 Å². The minimum atomic E-state index is -0.933. The molecule has 174 valence electrons. The molecule has 1 aromatic heterocycles. The number of hydrogen-bond acceptors (Lipinski definition) is 2. The first-order chi connectivity index (χ1) is 17.7. The van der Waals surface area contributed by atoms with Crippen molar-refractivity contribution < 1.29 is 14.2 Å². The van der Waals surface area contributed by atoms with Crippen LogP contribution in [-0.4, -0.2) is 11.6 Å². The summed E-state index contributed by atoms with van der Waals surface area (Å²) in [6.07, 6.45) is 6.76. The van der Waals surface area contributed by atoms with Gasteiger partial charge in [-0.05, 0) is 51.9 Å². The third-order valence-corrected chi connectivity index (χ3v) is 8.49. The van der Waals surface area contributed by atoms with Crippen molar-refractivity contribution in [3.05, 3.63) is 126 Å². The molecular formula is C33H26NO2+. The first-order valence-corrected chi connectivity index (χ1v) is 12.8. The highest BCUT2D eigenvalue weighted by molar-refractivity contribution is 6.12. The molecule has 1 heterocycles. The van der Waals surface area contributed by atoms with Gasteiger partial charge in [0.2, 0.25) is 11.3 Å².